The molecule has 4 nitrogen and oxygen atoms in total. The third-order valence-electron chi connectivity index (χ3n) is 2.93. The van der Waals surface area contributed by atoms with E-state index < -0.39 is 0 Å². The van der Waals surface area contributed by atoms with Gasteiger partial charge in [-0.1, -0.05) is 31.2 Å². The van der Waals surface area contributed by atoms with Crippen LogP contribution in [0.25, 0.3) is 0 Å². The average molecular weight is 265 g/mol. The van der Waals surface area contributed by atoms with Crippen LogP contribution in [0.4, 0.5) is 0 Å². The van der Waals surface area contributed by atoms with E-state index in [1.165, 1.54) is 5.56 Å². The molecule has 1 amide bonds. The summed E-state index contributed by atoms with van der Waals surface area (Å²) >= 11 is 0. The van der Waals surface area contributed by atoms with Gasteiger partial charge in [0.2, 0.25) is 5.91 Å². The molecule has 1 aromatic carbocycles. The van der Waals surface area contributed by atoms with Gasteiger partial charge in [-0.2, -0.15) is 0 Å². The fourth-order valence-corrected chi connectivity index (χ4v) is 1.65. The zero-order valence-corrected chi connectivity index (χ0v) is 12.0. The van der Waals surface area contributed by atoms with Crippen molar-refractivity contribution in [3.8, 4) is 0 Å². The van der Waals surface area contributed by atoms with Gasteiger partial charge in [-0.15, -0.1) is 0 Å². The molecule has 1 rings (SSSR count). The number of carbonyl (C=O) groups excluding carboxylic acids is 1. The largest absolute Gasteiger partial charge is 0.382 e. The number of nitrogens with zero attached hydrogens (tertiary/aromatic N) is 1. The number of aryl methyl sites for hydroxylation is 1. The molecule has 19 heavy (non-hydrogen) atoms. The molecule has 0 saturated heterocycles. The summed E-state index contributed by atoms with van der Waals surface area (Å²) in [4.78, 5) is 13.5. The first-order chi connectivity index (χ1) is 9.17. The van der Waals surface area contributed by atoms with Crippen LogP contribution in [0.5, 0.6) is 0 Å². The van der Waals surface area contributed by atoms with Gasteiger partial charge in [0.15, 0.2) is 0 Å². The van der Waals surface area contributed by atoms with Crippen molar-refractivity contribution in [2.75, 3.05) is 34.0 Å². The van der Waals surface area contributed by atoms with E-state index in [9.17, 15) is 4.79 Å². The Morgan fingerprint density at radius 2 is 1.79 bits per heavy atom. The number of rotatable bonds is 8. The Morgan fingerprint density at radius 1 is 1.16 bits per heavy atom. The first-order valence-electron chi connectivity index (χ1n) is 6.55. The van der Waals surface area contributed by atoms with Gasteiger partial charge in [0, 0.05) is 20.7 Å². The highest BCUT2D eigenvalue weighted by atomic mass is 16.5. The van der Waals surface area contributed by atoms with Crippen molar-refractivity contribution in [1.29, 1.82) is 0 Å². The highest BCUT2D eigenvalue weighted by molar-refractivity contribution is 5.77. The standard InChI is InChI=1S/C15H23NO3/c1-4-13-5-7-14(8-6-13)11-16(2)15(17)12-19-10-9-18-3/h5-8H,4,9-12H2,1-3H3. The third kappa shape index (κ3) is 5.85. The Hall–Kier alpha value is -1.39. The highest BCUT2D eigenvalue weighted by Crippen LogP contribution is 2.07. The molecule has 106 valence electrons. The zero-order valence-electron chi connectivity index (χ0n) is 12.0. The maximum Gasteiger partial charge on any atom is 0.248 e. The highest BCUT2D eigenvalue weighted by Gasteiger charge is 2.09. The lowest BCUT2D eigenvalue weighted by Gasteiger charge is -2.17. The molecule has 0 fully saturated rings. The van der Waals surface area contributed by atoms with Gasteiger partial charge in [0.25, 0.3) is 0 Å². The van der Waals surface area contributed by atoms with E-state index >= 15 is 0 Å². The first kappa shape index (κ1) is 15.7. The Morgan fingerprint density at radius 3 is 2.37 bits per heavy atom. The van der Waals surface area contributed by atoms with Crippen LogP contribution >= 0.6 is 0 Å². The van der Waals surface area contributed by atoms with E-state index in [-0.39, 0.29) is 12.5 Å². The van der Waals surface area contributed by atoms with Crippen molar-refractivity contribution in [1.82, 2.24) is 4.90 Å². The monoisotopic (exact) mass is 265 g/mol. The number of carbonyl (C=O) groups is 1. The van der Waals surface area contributed by atoms with Crippen LogP contribution in [0.15, 0.2) is 24.3 Å². The third-order valence-corrected chi connectivity index (χ3v) is 2.93. The molecule has 0 atom stereocenters. The van der Waals surface area contributed by atoms with Crippen molar-refractivity contribution in [2.45, 2.75) is 19.9 Å². The molecule has 0 spiro atoms. The molecule has 1 aromatic rings. The summed E-state index contributed by atoms with van der Waals surface area (Å²) in [7, 11) is 3.40. The molecule has 0 aliphatic heterocycles. The summed E-state index contributed by atoms with van der Waals surface area (Å²) < 4.78 is 10.1. The van der Waals surface area contributed by atoms with Gasteiger partial charge in [-0.25, -0.2) is 0 Å². The summed E-state index contributed by atoms with van der Waals surface area (Å²) in [5, 5.41) is 0. The Labute approximate surface area is 115 Å². The normalized spacial score (nSPS) is 10.5. The zero-order chi connectivity index (χ0) is 14.1. The summed E-state index contributed by atoms with van der Waals surface area (Å²) in [6.07, 6.45) is 1.03. The minimum atomic E-state index is -0.0179. The predicted octanol–water partition coefficient (Wildman–Crippen LogP) is 1.87. The van der Waals surface area contributed by atoms with Crippen molar-refractivity contribution in [3.63, 3.8) is 0 Å². The number of amides is 1. The van der Waals surface area contributed by atoms with Gasteiger partial charge in [-0.05, 0) is 17.5 Å². The maximum absolute atomic E-state index is 11.8. The molecular weight excluding hydrogens is 242 g/mol. The molecule has 0 unspecified atom stereocenters. The Kier molecular flexibility index (Phi) is 7.15. The number of likely N-dealkylation sites (N-methyl/N-ethyl adjacent to an activating group) is 1. The van der Waals surface area contributed by atoms with Gasteiger partial charge >= 0.3 is 0 Å². The van der Waals surface area contributed by atoms with Crippen LogP contribution < -0.4 is 0 Å². The second-order valence-electron chi connectivity index (χ2n) is 4.47. The van der Waals surface area contributed by atoms with Gasteiger partial charge < -0.3 is 14.4 Å². The van der Waals surface area contributed by atoms with Crippen LogP contribution in [-0.2, 0) is 27.2 Å². The quantitative estimate of drug-likeness (QED) is 0.674. The van der Waals surface area contributed by atoms with E-state index in [0.29, 0.717) is 19.8 Å². The van der Waals surface area contributed by atoms with E-state index in [1.807, 2.05) is 0 Å². The van der Waals surface area contributed by atoms with Gasteiger partial charge in [-0.3, -0.25) is 4.79 Å². The molecule has 0 aliphatic rings. The Bertz CT molecular complexity index is 375. The fourth-order valence-electron chi connectivity index (χ4n) is 1.65. The predicted molar refractivity (Wildman–Crippen MR) is 75.0 cm³/mol. The minimum Gasteiger partial charge on any atom is -0.382 e. The molecule has 0 heterocycles. The summed E-state index contributed by atoms with van der Waals surface area (Å²) in [5.74, 6) is -0.0179. The number of ether oxygens (including phenoxy) is 2. The van der Waals surface area contributed by atoms with Crippen molar-refractivity contribution < 1.29 is 14.3 Å². The number of methoxy groups -OCH3 is 1. The SMILES string of the molecule is CCc1ccc(CN(C)C(=O)COCCOC)cc1. The van der Waals surface area contributed by atoms with Crippen LogP contribution in [0.2, 0.25) is 0 Å². The molecule has 0 saturated carbocycles. The van der Waals surface area contributed by atoms with E-state index in [2.05, 4.69) is 31.2 Å². The smallest absolute Gasteiger partial charge is 0.248 e. The molecule has 4 heteroatoms. The first-order valence-corrected chi connectivity index (χ1v) is 6.55. The molecule has 0 aromatic heterocycles. The van der Waals surface area contributed by atoms with E-state index in [4.69, 9.17) is 9.47 Å². The fraction of sp³-hybridized carbons (Fsp3) is 0.533. The lowest BCUT2D eigenvalue weighted by molar-refractivity contribution is -0.135. The molecule has 0 aliphatic carbocycles. The molecule has 0 radical (unpaired) electrons. The minimum absolute atomic E-state index is 0.0179. The van der Waals surface area contributed by atoms with Crippen LogP contribution in [0.3, 0.4) is 0 Å². The second kappa shape index (κ2) is 8.67. The lowest BCUT2D eigenvalue weighted by atomic mass is 10.1. The van der Waals surface area contributed by atoms with Crippen LogP contribution in [0.1, 0.15) is 18.1 Å². The van der Waals surface area contributed by atoms with Crippen molar-refractivity contribution >= 4 is 5.91 Å². The summed E-state index contributed by atoms with van der Waals surface area (Å²) in [6.45, 7) is 3.79. The number of hydrogen-bond donors (Lipinski definition) is 0. The van der Waals surface area contributed by atoms with Gasteiger partial charge in [0.1, 0.15) is 6.61 Å². The van der Waals surface area contributed by atoms with Crippen LogP contribution in [0, 0.1) is 0 Å². The van der Waals surface area contributed by atoms with Crippen molar-refractivity contribution in [3.05, 3.63) is 35.4 Å². The topological polar surface area (TPSA) is 38.8 Å². The molecular formula is C15H23NO3. The Balaban J connectivity index is 2.35. The lowest BCUT2D eigenvalue weighted by Crippen LogP contribution is -2.30. The van der Waals surface area contributed by atoms with Crippen molar-refractivity contribution in [2.24, 2.45) is 0 Å². The van der Waals surface area contributed by atoms with Gasteiger partial charge in [0.05, 0.1) is 13.2 Å². The maximum atomic E-state index is 11.8. The summed E-state index contributed by atoms with van der Waals surface area (Å²) in [6, 6.07) is 8.33. The average Bonchev–Trinajstić information content (AvgIpc) is 2.44. The van der Waals surface area contributed by atoms with E-state index in [1.54, 1.807) is 19.1 Å². The summed E-state index contributed by atoms with van der Waals surface area (Å²) in [5.41, 5.74) is 2.44. The number of hydrogen-bond acceptors (Lipinski definition) is 3. The molecule has 0 N–H and O–H groups in total. The van der Waals surface area contributed by atoms with E-state index in [0.717, 1.165) is 12.0 Å². The number of benzene rings is 1. The van der Waals surface area contributed by atoms with Crippen LogP contribution in [-0.4, -0.2) is 44.8 Å². The molecule has 0 bridgehead atoms. The second-order valence-corrected chi connectivity index (χ2v) is 4.47.